The van der Waals surface area contributed by atoms with Crippen molar-refractivity contribution >= 4 is 5.69 Å². The fourth-order valence-corrected chi connectivity index (χ4v) is 2.78. The number of hydrogen-bond acceptors (Lipinski definition) is 2. The number of rotatable bonds is 5. The molecule has 2 nitrogen and oxygen atoms in total. The van der Waals surface area contributed by atoms with E-state index in [1.54, 1.807) is 0 Å². The van der Waals surface area contributed by atoms with E-state index in [0.29, 0.717) is 5.92 Å². The van der Waals surface area contributed by atoms with Crippen molar-refractivity contribution in [3.8, 4) is 0 Å². The van der Waals surface area contributed by atoms with Gasteiger partial charge in [0.15, 0.2) is 0 Å². The predicted molar refractivity (Wildman–Crippen MR) is 83.7 cm³/mol. The summed E-state index contributed by atoms with van der Waals surface area (Å²) in [4.78, 5) is 2.58. The van der Waals surface area contributed by atoms with Crippen LogP contribution < -0.4 is 10.2 Å². The summed E-state index contributed by atoms with van der Waals surface area (Å²) in [5.41, 5.74) is 2.89. The van der Waals surface area contributed by atoms with Gasteiger partial charge < -0.3 is 10.2 Å². The Morgan fingerprint density at radius 2 is 1.74 bits per heavy atom. The highest BCUT2D eigenvalue weighted by Gasteiger charge is 2.12. The van der Waals surface area contributed by atoms with Crippen LogP contribution in [0.3, 0.4) is 0 Å². The minimum Gasteiger partial charge on any atom is -0.371 e. The molecule has 0 unspecified atom stereocenters. The van der Waals surface area contributed by atoms with Gasteiger partial charge in [-0.1, -0.05) is 44.9 Å². The van der Waals surface area contributed by atoms with Crippen LogP contribution in [-0.4, -0.2) is 19.6 Å². The second-order valence-corrected chi connectivity index (χ2v) is 6.05. The summed E-state index contributed by atoms with van der Waals surface area (Å²) in [6, 6.07) is 8.89. The maximum Gasteiger partial charge on any atom is 0.0411 e. The number of hydrogen-bond donors (Lipinski definition) is 1. The molecule has 0 atom stereocenters. The standard InChI is InChI=1S/C17H28N2/c1-15(2)13-18-14-16-9-5-6-10-17(16)19-11-7-3-4-8-12-19/h5-6,9-10,15,18H,3-4,7-8,11-14H2,1-2H3. The molecule has 0 radical (unpaired) electrons. The first-order valence-electron chi connectivity index (χ1n) is 7.81. The van der Waals surface area contributed by atoms with Gasteiger partial charge in [-0.15, -0.1) is 0 Å². The summed E-state index contributed by atoms with van der Waals surface area (Å²) >= 11 is 0. The van der Waals surface area contributed by atoms with Crippen LogP contribution in [0.15, 0.2) is 24.3 Å². The van der Waals surface area contributed by atoms with Crippen molar-refractivity contribution in [3.05, 3.63) is 29.8 Å². The van der Waals surface area contributed by atoms with Gasteiger partial charge >= 0.3 is 0 Å². The third-order valence-electron chi connectivity index (χ3n) is 3.81. The molecule has 1 fully saturated rings. The first kappa shape index (κ1) is 14.4. The van der Waals surface area contributed by atoms with E-state index in [1.807, 2.05) is 0 Å². The van der Waals surface area contributed by atoms with Crippen molar-refractivity contribution in [2.45, 2.75) is 46.1 Å². The molecule has 1 aromatic rings. The van der Waals surface area contributed by atoms with Crippen LogP contribution in [0.4, 0.5) is 5.69 Å². The molecule has 0 bridgehead atoms. The summed E-state index contributed by atoms with van der Waals surface area (Å²) in [5, 5.41) is 3.57. The molecular weight excluding hydrogens is 232 g/mol. The molecule has 1 aliphatic rings. The van der Waals surface area contributed by atoms with Crippen molar-refractivity contribution < 1.29 is 0 Å². The average Bonchev–Trinajstić information content (AvgIpc) is 2.68. The Morgan fingerprint density at radius 3 is 2.42 bits per heavy atom. The first-order chi connectivity index (χ1) is 9.27. The fraction of sp³-hybridized carbons (Fsp3) is 0.647. The van der Waals surface area contributed by atoms with Crippen molar-refractivity contribution in [3.63, 3.8) is 0 Å². The molecule has 1 saturated heterocycles. The summed E-state index contributed by atoms with van der Waals surface area (Å²) in [7, 11) is 0. The lowest BCUT2D eigenvalue weighted by molar-refractivity contribution is 0.552. The molecule has 1 heterocycles. The van der Waals surface area contributed by atoms with Crippen molar-refractivity contribution in [2.75, 3.05) is 24.5 Å². The Labute approximate surface area is 118 Å². The summed E-state index contributed by atoms with van der Waals surface area (Å²) in [6.45, 7) is 9.04. The van der Waals surface area contributed by atoms with Crippen molar-refractivity contribution in [1.82, 2.24) is 5.32 Å². The molecule has 106 valence electrons. The van der Waals surface area contributed by atoms with Gasteiger partial charge in [0, 0.05) is 25.3 Å². The highest BCUT2D eigenvalue weighted by molar-refractivity contribution is 5.53. The Hall–Kier alpha value is -1.02. The lowest BCUT2D eigenvalue weighted by Gasteiger charge is -2.25. The van der Waals surface area contributed by atoms with Crippen LogP contribution in [0.5, 0.6) is 0 Å². The smallest absolute Gasteiger partial charge is 0.0411 e. The van der Waals surface area contributed by atoms with Gasteiger partial charge in [-0.2, -0.15) is 0 Å². The summed E-state index contributed by atoms with van der Waals surface area (Å²) < 4.78 is 0. The maximum atomic E-state index is 3.57. The van der Waals surface area contributed by atoms with Gasteiger partial charge in [-0.3, -0.25) is 0 Å². The van der Waals surface area contributed by atoms with Gasteiger partial charge in [-0.05, 0) is 36.9 Å². The molecule has 0 aromatic heterocycles. The molecule has 2 heteroatoms. The maximum absolute atomic E-state index is 3.57. The van der Waals surface area contributed by atoms with Crippen molar-refractivity contribution in [1.29, 1.82) is 0 Å². The van der Waals surface area contributed by atoms with Crippen LogP contribution in [0.1, 0.15) is 45.1 Å². The number of benzene rings is 1. The monoisotopic (exact) mass is 260 g/mol. The topological polar surface area (TPSA) is 15.3 Å². The van der Waals surface area contributed by atoms with E-state index in [9.17, 15) is 0 Å². The normalized spacial score (nSPS) is 16.7. The zero-order valence-electron chi connectivity index (χ0n) is 12.5. The minimum absolute atomic E-state index is 0.713. The second-order valence-electron chi connectivity index (χ2n) is 6.05. The zero-order chi connectivity index (χ0) is 13.5. The van der Waals surface area contributed by atoms with E-state index >= 15 is 0 Å². The quantitative estimate of drug-likeness (QED) is 0.866. The predicted octanol–water partition coefficient (Wildman–Crippen LogP) is 3.81. The molecule has 1 aliphatic heterocycles. The van der Waals surface area contributed by atoms with Crippen molar-refractivity contribution in [2.24, 2.45) is 5.92 Å². The van der Waals surface area contributed by atoms with Gasteiger partial charge in [0.2, 0.25) is 0 Å². The highest BCUT2D eigenvalue weighted by Crippen LogP contribution is 2.23. The van der Waals surface area contributed by atoms with Crippen LogP contribution in [0.25, 0.3) is 0 Å². The Morgan fingerprint density at radius 1 is 1.05 bits per heavy atom. The van der Waals surface area contributed by atoms with E-state index in [1.165, 1.54) is 50.0 Å². The SMILES string of the molecule is CC(C)CNCc1ccccc1N1CCCCCC1. The number of anilines is 1. The van der Waals surface area contributed by atoms with Crippen LogP contribution >= 0.6 is 0 Å². The van der Waals surface area contributed by atoms with Gasteiger partial charge in [-0.25, -0.2) is 0 Å². The Balaban J connectivity index is 2.02. The third-order valence-corrected chi connectivity index (χ3v) is 3.81. The Bertz CT molecular complexity index is 365. The Kier molecular flexibility index (Phi) is 5.71. The van der Waals surface area contributed by atoms with Gasteiger partial charge in [0.25, 0.3) is 0 Å². The van der Waals surface area contributed by atoms with Crippen LogP contribution in [0, 0.1) is 5.92 Å². The lowest BCUT2D eigenvalue weighted by Crippen LogP contribution is -2.27. The largest absolute Gasteiger partial charge is 0.371 e. The summed E-state index contributed by atoms with van der Waals surface area (Å²) in [6.07, 6.45) is 5.47. The van der Waals surface area contributed by atoms with Gasteiger partial charge in [0.1, 0.15) is 0 Å². The number of nitrogens with zero attached hydrogens (tertiary/aromatic N) is 1. The molecular formula is C17H28N2. The minimum atomic E-state index is 0.713. The molecule has 0 spiro atoms. The highest BCUT2D eigenvalue weighted by atomic mass is 15.1. The zero-order valence-corrected chi connectivity index (χ0v) is 12.5. The van der Waals surface area contributed by atoms with Gasteiger partial charge in [0.05, 0.1) is 0 Å². The molecule has 0 saturated carbocycles. The first-order valence-corrected chi connectivity index (χ1v) is 7.81. The molecule has 1 N–H and O–H groups in total. The van der Waals surface area contributed by atoms with E-state index in [2.05, 4.69) is 48.3 Å². The van der Waals surface area contributed by atoms with E-state index in [-0.39, 0.29) is 0 Å². The van der Waals surface area contributed by atoms with Crippen LogP contribution in [0.2, 0.25) is 0 Å². The van der Waals surface area contributed by atoms with E-state index in [0.717, 1.165) is 13.1 Å². The number of nitrogens with one attached hydrogen (secondary N) is 1. The van der Waals surface area contributed by atoms with E-state index < -0.39 is 0 Å². The lowest BCUT2D eigenvalue weighted by atomic mass is 10.1. The second kappa shape index (κ2) is 7.54. The molecule has 0 amide bonds. The molecule has 0 aliphatic carbocycles. The molecule has 2 rings (SSSR count). The molecule has 19 heavy (non-hydrogen) atoms. The van der Waals surface area contributed by atoms with E-state index in [4.69, 9.17) is 0 Å². The fourth-order valence-electron chi connectivity index (χ4n) is 2.78. The van der Waals surface area contributed by atoms with Crippen LogP contribution in [-0.2, 0) is 6.54 Å². The molecule has 1 aromatic carbocycles. The number of para-hydroxylation sites is 1. The third kappa shape index (κ3) is 4.54. The average molecular weight is 260 g/mol. The summed E-state index contributed by atoms with van der Waals surface area (Å²) in [5.74, 6) is 0.713.